The molecule has 0 saturated heterocycles. The summed E-state index contributed by atoms with van der Waals surface area (Å²) in [5, 5.41) is 0. The van der Waals surface area contributed by atoms with Crippen LogP contribution in [0.3, 0.4) is 0 Å². The average Bonchev–Trinajstić information content (AvgIpc) is 2.74. The van der Waals surface area contributed by atoms with Crippen LogP contribution in [0.2, 0.25) is 0 Å². The zero-order valence-electron chi connectivity index (χ0n) is 11.0. The Bertz CT molecular complexity index is 339. The van der Waals surface area contributed by atoms with Gasteiger partial charge in [0.25, 0.3) is 0 Å². The molecule has 96 valence electrons. The highest BCUT2D eigenvalue weighted by atomic mass is 15.3. The van der Waals surface area contributed by atoms with Gasteiger partial charge >= 0.3 is 0 Å². The molecule has 1 aliphatic rings. The van der Waals surface area contributed by atoms with Gasteiger partial charge in [0.05, 0.1) is 0 Å². The van der Waals surface area contributed by atoms with Gasteiger partial charge in [0.2, 0.25) is 5.95 Å². The molecule has 1 heterocycles. The Morgan fingerprint density at radius 3 is 2.65 bits per heavy atom. The number of hydrogen-bond donors (Lipinski definition) is 1. The Morgan fingerprint density at radius 1 is 1.41 bits per heavy atom. The Hall–Kier alpha value is -1.03. The molecular weight excluding hydrogens is 212 g/mol. The van der Waals surface area contributed by atoms with Crippen molar-refractivity contribution in [1.82, 2.24) is 9.55 Å². The maximum absolute atomic E-state index is 5.98. The SMILES string of the molecule is CCCN(c1nccn1C)C1CCC(N)CC1. The first kappa shape index (κ1) is 12.4. The van der Waals surface area contributed by atoms with Gasteiger partial charge in [-0.15, -0.1) is 0 Å². The van der Waals surface area contributed by atoms with Crippen molar-refractivity contribution in [1.29, 1.82) is 0 Å². The minimum atomic E-state index is 0.413. The van der Waals surface area contributed by atoms with Crippen LogP contribution in [0.1, 0.15) is 39.0 Å². The summed E-state index contributed by atoms with van der Waals surface area (Å²) in [5.74, 6) is 1.10. The first-order chi connectivity index (χ1) is 8.22. The van der Waals surface area contributed by atoms with Crippen molar-refractivity contribution < 1.29 is 0 Å². The fraction of sp³-hybridized carbons (Fsp3) is 0.769. The van der Waals surface area contributed by atoms with Crippen LogP contribution in [-0.2, 0) is 7.05 Å². The van der Waals surface area contributed by atoms with Crippen LogP contribution in [-0.4, -0.2) is 28.2 Å². The van der Waals surface area contributed by atoms with E-state index in [0.717, 1.165) is 31.8 Å². The Kier molecular flexibility index (Phi) is 4.05. The number of nitrogens with two attached hydrogens (primary N) is 1. The topological polar surface area (TPSA) is 47.1 Å². The highest BCUT2D eigenvalue weighted by Crippen LogP contribution is 2.25. The normalized spacial score (nSPS) is 24.9. The minimum absolute atomic E-state index is 0.413. The number of nitrogens with zero attached hydrogens (tertiary/aromatic N) is 3. The molecule has 0 atom stereocenters. The van der Waals surface area contributed by atoms with Crippen molar-refractivity contribution >= 4 is 5.95 Å². The maximum Gasteiger partial charge on any atom is 0.205 e. The zero-order valence-corrected chi connectivity index (χ0v) is 11.0. The van der Waals surface area contributed by atoms with E-state index in [4.69, 9.17) is 5.73 Å². The largest absolute Gasteiger partial charge is 0.339 e. The first-order valence-electron chi connectivity index (χ1n) is 6.72. The third kappa shape index (κ3) is 2.80. The van der Waals surface area contributed by atoms with Crippen LogP contribution in [0.4, 0.5) is 5.95 Å². The van der Waals surface area contributed by atoms with Gasteiger partial charge < -0.3 is 15.2 Å². The molecule has 4 nitrogen and oxygen atoms in total. The van der Waals surface area contributed by atoms with Gasteiger partial charge in [0, 0.05) is 38.1 Å². The molecule has 0 amide bonds. The summed E-state index contributed by atoms with van der Waals surface area (Å²) in [4.78, 5) is 6.95. The molecule has 1 fully saturated rings. The Morgan fingerprint density at radius 2 is 2.12 bits per heavy atom. The minimum Gasteiger partial charge on any atom is -0.339 e. The van der Waals surface area contributed by atoms with Crippen LogP contribution in [0.25, 0.3) is 0 Å². The lowest BCUT2D eigenvalue weighted by atomic mass is 9.91. The molecule has 0 aromatic carbocycles. The van der Waals surface area contributed by atoms with Crippen molar-refractivity contribution in [2.24, 2.45) is 12.8 Å². The van der Waals surface area contributed by atoms with E-state index < -0.39 is 0 Å². The molecule has 2 N–H and O–H groups in total. The van der Waals surface area contributed by atoms with E-state index in [1.807, 2.05) is 12.4 Å². The monoisotopic (exact) mass is 236 g/mol. The lowest BCUT2D eigenvalue weighted by Gasteiger charge is -2.36. The number of aromatic nitrogens is 2. The average molecular weight is 236 g/mol. The second-order valence-corrected chi connectivity index (χ2v) is 5.10. The van der Waals surface area contributed by atoms with Crippen LogP contribution in [0.15, 0.2) is 12.4 Å². The third-order valence-electron chi connectivity index (χ3n) is 3.70. The lowest BCUT2D eigenvalue weighted by Crippen LogP contribution is -2.42. The van der Waals surface area contributed by atoms with E-state index in [1.165, 1.54) is 12.8 Å². The predicted octanol–water partition coefficient (Wildman–Crippen LogP) is 1.91. The molecule has 1 aromatic rings. The summed E-state index contributed by atoms with van der Waals surface area (Å²) in [6.07, 6.45) is 9.77. The summed E-state index contributed by atoms with van der Waals surface area (Å²) < 4.78 is 2.12. The summed E-state index contributed by atoms with van der Waals surface area (Å²) in [7, 11) is 2.07. The van der Waals surface area contributed by atoms with Gasteiger partial charge in [-0.2, -0.15) is 0 Å². The van der Waals surface area contributed by atoms with Gasteiger partial charge in [-0.05, 0) is 32.1 Å². The second-order valence-electron chi connectivity index (χ2n) is 5.10. The number of imidazole rings is 1. The zero-order chi connectivity index (χ0) is 12.3. The Labute approximate surface area is 104 Å². The standard InChI is InChI=1S/C13H24N4/c1-3-9-17(13-15-8-10-16(13)2)12-6-4-11(14)5-7-12/h8,10-12H,3-7,9,14H2,1-2H3. The molecule has 1 aromatic heterocycles. The lowest BCUT2D eigenvalue weighted by molar-refractivity contribution is 0.371. The van der Waals surface area contributed by atoms with E-state index in [1.54, 1.807) is 0 Å². The first-order valence-corrected chi connectivity index (χ1v) is 6.72. The number of aryl methyl sites for hydroxylation is 1. The summed E-state index contributed by atoms with van der Waals surface area (Å²) in [6.45, 7) is 3.31. The summed E-state index contributed by atoms with van der Waals surface area (Å²) in [6, 6.07) is 1.03. The summed E-state index contributed by atoms with van der Waals surface area (Å²) in [5.41, 5.74) is 5.98. The molecule has 1 saturated carbocycles. The van der Waals surface area contributed by atoms with Crippen molar-refractivity contribution in [2.45, 2.75) is 51.1 Å². The van der Waals surface area contributed by atoms with E-state index in [2.05, 4.69) is 28.4 Å². The highest BCUT2D eigenvalue weighted by molar-refractivity contribution is 5.33. The molecule has 0 unspecified atom stereocenters. The van der Waals surface area contributed by atoms with Crippen molar-refractivity contribution in [3.63, 3.8) is 0 Å². The van der Waals surface area contributed by atoms with Gasteiger partial charge in [0.15, 0.2) is 0 Å². The van der Waals surface area contributed by atoms with Crippen molar-refractivity contribution in [3.05, 3.63) is 12.4 Å². The quantitative estimate of drug-likeness (QED) is 0.868. The van der Waals surface area contributed by atoms with E-state index in [9.17, 15) is 0 Å². The predicted molar refractivity (Wildman–Crippen MR) is 71.1 cm³/mol. The van der Waals surface area contributed by atoms with Crippen LogP contribution >= 0.6 is 0 Å². The fourth-order valence-corrected chi connectivity index (χ4v) is 2.73. The van der Waals surface area contributed by atoms with E-state index in [0.29, 0.717) is 12.1 Å². The van der Waals surface area contributed by atoms with Crippen molar-refractivity contribution in [2.75, 3.05) is 11.4 Å². The van der Waals surface area contributed by atoms with Gasteiger partial charge in [0.1, 0.15) is 0 Å². The van der Waals surface area contributed by atoms with E-state index in [-0.39, 0.29) is 0 Å². The fourth-order valence-electron chi connectivity index (χ4n) is 2.73. The molecule has 17 heavy (non-hydrogen) atoms. The van der Waals surface area contributed by atoms with Gasteiger partial charge in [-0.3, -0.25) is 0 Å². The molecule has 2 rings (SSSR count). The van der Waals surface area contributed by atoms with Crippen LogP contribution in [0.5, 0.6) is 0 Å². The second kappa shape index (κ2) is 5.54. The number of rotatable bonds is 4. The van der Waals surface area contributed by atoms with E-state index >= 15 is 0 Å². The number of anilines is 1. The molecule has 0 spiro atoms. The summed E-state index contributed by atoms with van der Waals surface area (Å²) >= 11 is 0. The number of hydrogen-bond acceptors (Lipinski definition) is 3. The molecule has 0 aliphatic heterocycles. The molecule has 4 heteroatoms. The molecule has 0 bridgehead atoms. The van der Waals surface area contributed by atoms with Gasteiger partial charge in [-0.25, -0.2) is 4.98 Å². The highest BCUT2D eigenvalue weighted by Gasteiger charge is 2.25. The van der Waals surface area contributed by atoms with Crippen LogP contribution < -0.4 is 10.6 Å². The molecule has 0 radical (unpaired) electrons. The van der Waals surface area contributed by atoms with Crippen LogP contribution in [0, 0.1) is 0 Å². The molecule has 1 aliphatic carbocycles. The Balaban J connectivity index is 2.09. The molecular formula is C13H24N4. The smallest absolute Gasteiger partial charge is 0.205 e. The van der Waals surface area contributed by atoms with Gasteiger partial charge in [-0.1, -0.05) is 6.92 Å². The maximum atomic E-state index is 5.98. The third-order valence-corrected chi connectivity index (χ3v) is 3.70. The van der Waals surface area contributed by atoms with Crippen molar-refractivity contribution in [3.8, 4) is 0 Å².